The first-order valence-corrected chi connectivity index (χ1v) is 8.18. The van der Waals surface area contributed by atoms with Crippen molar-refractivity contribution in [1.29, 1.82) is 0 Å². The average molecular weight is 308 g/mol. The number of nitrogens with zero attached hydrogens (tertiary/aromatic N) is 1. The van der Waals surface area contributed by atoms with E-state index < -0.39 is 5.97 Å². The van der Waals surface area contributed by atoms with E-state index in [1.54, 1.807) is 16.7 Å². The summed E-state index contributed by atoms with van der Waals surface area (Å²) in [5.74, 6) is -0.512. The summed E-state index contributed by atoms with van der Waals surface area (Å²) in [4.78, 5) is 25.7. The number of benzene rings is 1. The van der Waals surface area contributed by atoms with Gasteiger partial charge in [-0.05, 0) is 37.1 Å². The predicted octanol–water partition coefficient (Wildman–Crippen LogP) is 2.14. The van der Waals surface area contributed by atoms with Crippen molar-refractivity contribution in [3.63, 3.8) is 0 Å². The normalized spacial score (nSPS) is 14.2. The number of para-hydroxylation sites is 1. The van der Waals surface area contributed by atoms with Gasteiger partial charge < -0.3 is 10.4 Å². The number of carboxylic acids is 1. The Kier molecular flexibility index (Phi) is 5.64. The van der Waals surface area contributed by atoms with Gasteiger partial charge in [-0.2, -0.15) is 0 Å². The van der Waals surface area contributed by atoms with Crippen LogP contribution in [-0.2, 0) is 9.59 Å². The lowest BCUT2D eigenvalue weighted by molar-refractivity contribution is -0.138. The van der Waals surface area contributed by atoms with Gasteiger partial charge in [-0.25, -0.2) is 0 Å². The van der Waals surface area contributed by atoms with Crippen molar-refractivity contribution in [3.05, 3.63) is 24.3 Å². The number of hydrogen-bond acceptors (Lipinski definition) is 4. The van der Waals surface area contributed by atoms with Crippen LogP contribution in [0.15, 0.2) is 29.2 Å². The van der Waals surface area contributed by atoms with E-state index in [0.29, 0.717) is 12.5 Å². The molecule has 0 heterocycles. The number of carboxylic acid groups (broad SMARTS) is 1. The molecular weight excluding hydrogens is 288 g/mol. The van der Waals surface area contributed by atoms with Crippen LogP contribution in [0.1, 0.15) is 12.8 Å². The third kappa shape index (κ3) is 5.40. The molecule has 2 rings (SSSR count). The third-order valence-electron chi connectivity index (χ3n) is 3.32. The maximum absolute atomic E-state index is 12.1. The summed E-state index contributed by atoms with van der Waals surface area (Å²) in [5, 5.41) is 11.8. The molecule has 1 aliphatic rings. The van der Waals surface area contributed by atoms with Crippen LogP contribution < -0.4 is 5.32 Å². The van der Waals surface area contributed by atoms with Crippen LogP contribution in [0, 0.1) is 5.92 Å². The van der Waals surface area contributed by atoms with Gasteiger partial charge in [-0.1, -0.05) is 12.1 Å². The molecule has 1 aromatic rings. The van der Waals surface area contributed by atoms with Gasteiger partial charge in [0.15, 0.2) is 0 Å². The minimum absolute atomic E-state index is 0.0892. The summed E-state index contributed by atoms with van der Waals surface area (Å²) in [6.07, 6.45) is 4.22. The molecule has 0 atom stereocenters. The van der Waals surface area contributed by atoms with E-state index in [0.717, 1.165) is 23.4 Å². The first kappa shape index (κ1) is 15.9. The lowest BCUT2D eigenvalue weighted by Crippen LogP contribution is -2.38. The molecule has 0 aliphatic heterocycles. The molecule has 1 aromatic carbocycles. The van der Waals surface area contributed by atoms with Crippen LogP contribution in [0.4, 0.5) is 5.69 Å². The molecule has 114 valence electrons. The second-order valence-electron chi connectivity index (χ2n) is 5.26. The van der Waals surface area contributed by atoms with Crippen molar-refractivity contribution in [2.24, 2.45) is 5.92 Å². The fourth-order valence-electron chi connectivity index (χ4n) is 2.18. The zero-order valence-electron chi connectivity index (χ0n) is 12.0. The molecule has 0 aromatic heterocycles. The highest BCUT2D eigenvalue weighted by atomic mass is 32.2. The number of amides is 1. The van der Waals surface area contributed by atoms with E-state index in [-0.39, 0.29) is 19.0 Å². The van der Waals surface area contributed by atoms with Crippen LogP contribution in [0.5, 0.6) is 0 Å². The molecule has 2 N–H and O–H groups in total. The standard InChI is InChI=1S/C15H20N2O3S/c1-21-13-5-3-2-4-12(13)16-14(18)9-17(10-15(19)20)8-11-6-7-11/h2-5,11H,6-10H2,1H3,(H,16,18)(H,19,20). The second-order valence-corrected chi connectivity index (χ2v) is 6.10. The van der Waals surface area contributed by atoms with Crippen molar-refractivity contribution in [1.82, 2.24) is 4.90 Å². The van der Waals surface area contributed by atoms with Crippen LogP contribution in [-0.4, -0.2) is 47.8 Å². The van der Waals surface area contributed by atoms with Crippen molar-refractivity contribution in [2.75, 3.05) is 31.2 Å². The number of thioether (sulfide) groups is 1. The first-order valence-electron chi connectivity index (χ1n) is 6.95. The Balaban J connectivity index is 1.92. The molecule has 0 unspecified atom stereocenters. The van der Waals surface area contributed by atoms with Crippen molar-refractivity contribution in [3.8, 4) is 0 Å². The number of hydrogen-bond donors (Lipinski definition) is 2. The smallest absolute Gasteiger partial charge is 0.317 e. The number of nitrogens with one attached hydrogen (secondary N) is 1. The summed E-state index contributed by atoms with van der Waals surface area (Å²) in [5.41, 5.74) is 0.775. The number of carbonyl (C=O) groups excluding carboxylic acids is 1. The van der Waals surface area contributed by atoms with Crippen LogP contribution >= 0.6 is 11.8 Å². The number of anilines is 1. The summed E-state index contributed by atoms with van der Waals surface area (Å²) >= 11 is 1.57. The Bertz CT molecular complexity index is 517. The summed E-state index contributed by atoms with van der Waals surface area (Å²) in [7, 11) is 0. The van der Waals surface area contributed by atoms with Gasteiger partial charge in [0.25, 0.3) is 0 Å². The Morgan fingerprint density at radius 2 is 2.05 bits per heavy atom. The number of rotatable bonds is 8. The minimum Gasteiger partial charge on any atom is -0.480 e. The van der Waals surface area contributed by atoms with Crippen molar-refractivity contribution < 1.29 is 14.7 Å². The molecular formula is C15H20N2O3S. The second kappa shape index (κ2) is 7.47. The molecule has 1 fully saturated rings. The Morgan fingerprint density at radius 3 is 2.67 bits per heavy atom. The quantitative estimate of drug-likeness (QED) is 0.720. The largest absolute Gasteiger partial charge is 0.480 e. The molecule has 0 saturated heterocycles. The van der Waals surface area contributed by atoms with Crippen LogP contribution in [0.3, 0.4) is 0 Å². The highest BCUT2D eigenvalue weighted by Gasteiger charge is 2.26. The van der Waals surface area contributed by atoms with Gasteiger partial charge in [-0.3, -0.25) is 14.5 Å². The van der Waals surface area contributed by atoms with E-state index in [9.17, 15) is 9.59 Å². The lowest BCUT2D eigenvalue weighted by atomic mass is 10.3. The average Bonchev–Trinajstić information content (AvgIpc) is 3.22. The topological polar surface area (TPSA) is 69.6 Å². The molecule has 0 spiro atoms. The van der Waals surface area contributed by atoms with E-state index in [1.165, 1.54) is 0 Å². The molecule has 6 heteroatoms. The van der Waals surface area contributed by atoms with Gasteiger partial charge >= 0.3 is 5.97 Å². The van der Waals surface area contributed by atoms with Crippen molar-refractivity contribution in [2.45, 2.75) is 17.7 Å². The predicted molar refractivity (Wildman–Crippen MR) is 83.7 cm³/mol. The SMILES string of the molecule is CSc1ccccc1NC(=O)CN(CC(=O)O)CC1CC1. The van der Waals surface area contributed by atoms with E-state index in [1.807, 2.05) is 30.5 Å². The molecule has 0 radical (unpaired) electrons. The Hall–Kier alpha value is -1.53. The molecule has 0 bridgehead atoms. The van der Waals surface area contributed by atoms with Gasteiger partial charge in [0.2, 0.25) is 5.91 Å². The van der Waals surface area contributed by atoms with Crippen LogP contribution in [0.2, 0.25) is 0 Å². The Labute approximate surface area is 128 Å². The lowest BCUT2D eigenvalue weighted by Gasteiger charge is -2.19. The number of carbonyl (C=O) groups is 2. The monoisotopic (exact) mass is 308 g/mol. The first-order chi connectivity index (χ1) is 10.1. The van der Waals surface area contributed by atoms with Gasteiger partial charge in [0, 0.05) is 11.4 Å². The third-order valence-corrected chi connectivity index (χ3v) is 4.12. The number of aliphatic carboxylic acids is 1. The molecule has 1 saturated carbocycles. The van der Waals surface area contributed by atoms with E-state index >= 15 is 0 Å². The fourth-order valence-corrected chi connectivity index (χ4v) is 2.74. The summed E-state index contributed by atoms with van der Waals surface area (Å²) in [6.45, 7) is 0.712. The highest BCUT2D eigenvalue weighted by Crippen LogP contribution is 2.29. The molecule has 21 heavy (non-hydrogen) atoms. The zero-order valence-corrected chi connectivity index (χ0v) is 12.9. The fraction of sp³-hybridized carbons (Fsp3) is 0.467. The Morgan fingerprint density at radius 1 is 1.33 bits per heavy atom. The highest BCUT2D eigenvalue weighted by molar-refractivity contribution is 7.98. The van der Waals surface area contributed by atoms with Crippen LogP contribution in [0.25, 0.3) is 0 Å². The van der Waals surface area contributed by atoms with E-state index in [2.05, 4.69) is 5.32 Å². The maximum atomic E-state index is 12.1. The molecule has 1 aliphatic carbocycles. The molecule has 1 amide bonds. The summed E-state index contributed by atoms with van der Waals surface area (Å²) in [6, 6.07) is 7.59. The minimum atomic E-state index is -0.895. The van der Waals surface area contributed by atoms with Gasteiger partial charge in [0.05, 0.1) is 18.8 Å². The maximum Gasteiger partial charge on any atom is 0.317 e. The zero-order chi connectivity index (χ0) is 15.2. The molecule has 5 nitrogen and oxygen atoms in total. The van der Waals surface area contributed by atoms with Crippen molar-refractivity contribution >= 4 is 29.3 Å². The van der Waals surface area contributed by atoms with E-state index in [4.69, 9.17) is 5.11 Å². The summed E-state index contributed by atoms with van der Waals surface area (Å²) < 4.78 is 0. The van der Waals surface area contributed by atoms with Gasteiger partial charge in [-0.15, -0.1) is 11.8 Å². The van der Waals surface area contributed by atoms with Gasteiger partial charge in [0.1, 0.15) is 0 Å².